The van der Waals surface area contributed by atoms with Gasteiger partial charge in [-0.3, -0.25) is 0 Å². The molecule has 1 fully saturated rings. The van der Waals surface area contributed by atoms with Gasteiger partial charge in [0.25, 0.3) is 0 Å². The second kappa shape index (κ2) is 5.80. The van der Waals surface area contributed by atoms with Crippen molar-refractivity contribution in [2.45, 2.75) is 11.3 Å². The molecule has 0 saturated carbocycles. The topological polar surface area (TPSA) is 21.3 Å². The van der Waals surface area contributed by atoms with Crippen LogP contribution in [0.25, 0.3) is 0 Å². The van der Waals surface area contributed by atoms with E-state index in [2.05, 4.69) is 5.32 Å². The summed E-state index contributed by atoms with van der Waals surface area (Å²) >= 11 is 7.82. The standard InChI is InChI=1S/C12H16ClNOS/c1-15-11-3-2-10(13)6-12(11)16-8-9-4-5-14-7-9/h2-3,6,9,14H,4-5,7-8H2,1H3. The van der Waals surface area contributed by atoms with E-state index in [1.165, 1.54) is 6.42 Å². The number of halogens is 1. The Hall–Kier alpha value is -0.380. The van der Waals surface area contributed by atoms with Crippen molar-refractivity contribution in [3.8, 4) is 5.75 Å². The maximum absolute atomic E-state index is 5.99. The maximum Gasteiger partial charge on any atom is 0.132 e. The summed E-state index contributed by atoms with van der Waals surface area (Å²) in [7, 11) is 1.70. The Bertz CT molecular complexity index is 353. The van der Waals surface area contributed by atoms with Gasteiger partial charge in [-0.15, -0.1) is 11.8 Å². The lowest BCUT2D eigenvalue weighted by Crippen LogP contribution is -2.10. The highest BCUT2D eigenvalue weighted by molar-refractivity contribution is 7.99. The molecule has 1 heterocycles. The van der Waals surface area contributed by atoms with Crippen molar-refractivity contribution >= 4 is 23.4 Å². The van der Waals surface area contributed by atoms with E-state index in [9.17, 15) is 0 Å². The van der Waals surface area contributed by atoms with Crippen LogP contribution in [0.2, 0.25) is 5.02 Å². The van der Waals surface area contributed by atoms with Crippen LogP contribution in [0.15, 0.2) is 23.1 Å². The molecular weight excluding hydrogens is 242 g/mol. The summed E-state index contributed by atoms with van der Waals surface area (Å²) in [5.74, 6) is 2.82. The van der Waals surface area contributed by atoms with E-state index in [0.717, 1.165) is 40.4 Å². The van der Waals surface area contributed by atoms with Gasteiger partial charge in [-0.25, -0.2) is 0 Å². The Morgan fingerprint density at radius 3 is 3.12 bits per heavy atom. The van der Waals surface area contributed by atoms with E-state index >= 15 is 0 Å². The Morgan fingerprint density at radius 2 is 2.44 bits per heavy atom. The van der Waals surface area contributed by atoms with Crippen molar-refractivity contribution < 1.29 is 4.74 Å². The molecule has 1 N–H and O–H groups in total. The fourth-order valence-electron chi connectivity index (χ4n) is 1.83. The molecule has 2 rings (SSSR count). The third kappa shape index (κ3) is 3.06. The summed E-state index contributed by atoms with van der Waals surface area (Å²) in [6.45, 7) is 2.29. The summed E-state index contributed by atoms with van der Waals surface area (Å²) in [6.07, 6.45) is 1.27. The Balaban J connectivity index is 1.98. The van der Waals surface area contributed by atoms with Crippen LogP contribution in [0.1, 0.15) is 6.42 Å². The molecule has 1 unspecified atom stereocenters. The third-order valence-corrected chi connectivity index (χ3v) is 4.27. The van der Waals surface area contributed by atoms with Crippen molar-refractivity contribution in [1.29, 1.82) is 0 Å². The molecule has 0 radical (unpaired) electrons. The van der Waals surface area contributed by atoms with Gasteiger partial charge < -0.3 is 10.1 Å². The highest BCUT2D eigenvalue weighted by Crippen LogP contribution is 2.33. The zero-order valence-corrected chi connectivity index (χ0v) is 10.9. The number of hydrogen-bond donors (Lipinski definition) is 1. The smallest absolute Gasteiger partial charge is 0.132 e. The SMILES string of the molecule is COc1ccc(Cl)cc1SCC1CCNC1. The molecule has 1 aromatic rings. The highest BCUT2D eigenvalue weighted by Gasteiger charge is 2.15. The molecule has 0 aliphatic carbocycles. The lowest BCUT2D eigenvalue weighted by molar-refractivity contribution is 0.405. The molecule has 4 heteroatoms. The Morgan fingerprint density at radius 1 is 1.56 bits per heavy atom. The Labute approximate surface area is 106 Å². The van der Waals surface area contributed by atoms with E-state index in [1.54, 1.807) is 7.11 Å². The summed E-state index contributed by atoms with van der Waals surface area (Å²) in [5, 5.41) is 4.15. The Kier molecular flexibility index (Phi) is 4.38. The minimum atomic E-state index is 0.771. The molecule has 88 valence electrons. The van der Waals surface area contributed by atoms with E-state index < -0.39 is 0 Å². The summed E-state index contributed by atoms with van der Waals surface area (Å²) in [4.78, 5) is 1.14. The quantitative estimate of drug-likeness (QED) is 0.838. The maximum atomic E-state index is 5.99. The van der Waals surface area contributed by atoms with Gasteiger partial charge >= 0.3 is 0 Å². The van der Waals surface area contributed by atoms with E-state index in [1.807, 2.05) is 30.0 Å². The van der Waals surface area contributed by atoms with Crippen LogP contribution in [0.4, 0.5) is 0 Å². The molecule has 1 aromatic carbocycles. The molecule has 1 saturated heterocycles. The van der Waals surface area contributed by atoms with Gasteiger partial charge in [-0.2, -0.15) is 0 Å². The zero-order chi connectivity index (χ0) is 11.4. The number of rotatable bonds is 4. The number of hydrogen-bond acceptors (Lipinski definition) is 3. The normalized spacial score (nSPS) is 20.0. The van der Waals surface area contributed by atoms with E-state index in [0.29, 0.717) is 0 Å². The molecule has 0 bridgehead atoms. The second-order valence-corrected chi connectivity index (χ2v) is 5.46. The second-order valence-electron chi connectivity index (χ2n) is 3.97. The first-order valence-corrected chi connectivity index (χ1v) is 6.83. The van der Waals surface area contributed by atoms with Crippen molar-refractivity contribution in [1.82, 2.24) is 5.32 Å². The molecule has 0 amide bonds. The summed E-state index contributed by atoms with van der Waals surface area (Å²) < 4.78 is 5.32. The minimum Gasteiger partial charge on any atom is -0.496 e. The minimum absolute atomic E-state index is 0.771. The predicted octanol–water partition coefficient (Wildman–Crippen LogP) is 3.05. The van der Waals surface area contributed by atoms with Gasteiger partial charge in [0.05, 0.1) is 12.0 Å². The van der Waals surface area contributed by atoms with Gasteiger partial charge in [0.1, 0.15) is 5.75 Å². The fraction of sp³-hybridized carbons (Fsp3) is 0.500. The van der Waals surface area contributed by atoms with Crippen LogP contribution in [-0.2, 0) is 0 Å². The van der Waals surface area contributed by atoms with Crippen LogP contribution in [0.3, 0.4) is 0 Å². The van der Waals surface area contributed by atoms with Gasteiger partial charge in [-0.1, -0.05) is 11.6 Å². The summed E-state index contributed by atoms with van der Waals surface area (Å²) in [6, 6.07) is 5.77. The largest absolute Gasteiger partial charge is 0.496 e. The van der Waals surface area contributed by atoms with Crippen molar-refractivity contribution in [3.05, 3.63) is 23.2 Å². The van der Waals surface area contributed by atoms with E-state index in [-0.39, 0.29) is 0 Å². The van der Waals surface area contributed by atoms with Gasteiger partial charge in [0, 0.05) is 10.8 Å². The summed E-state index contributed by atoms with van der Waals surface area (Å²) in [5.41, 5.74) is 0. The van der Waals surface area contributed by atoms with Crippen LogP contribution in [-0.4, -0.2) is 26.0 Å². The van der Waals surface area contributed by atoms with E-state index in [4.69, 9.17) is 16.3 Å². The fourth-order valence-corrected chi connectivity index (χ4v) is 3.27. The first-order chi connectivity index (χ1) is 7.79. The van der Waals surface area contributed by atoms with Crippen molar-refractivity contribution in [2.75, 3.05) is 26.0 Å². The lowest BCUT2D eigenvalue weighted by Gasteiger charge is -2.11. The van der Waals surface area contributed by atoms with Gasteiger partial charge in [0.2, 0.25) is 0 Å². The average molecular weight is 258 g/mol. The first-order valence-electron chi connectivity index (χ1n) is 5.46. The van der Waals surface area contributed by atoms with Crippen LogP contribution >= 0.6 is 23.4 Å². The van der Waals surface area contributed by atoms with Crippen LogP contribution in [0, 0.1) is 5.92 Å². The molecule has 1 atom stereocenters. The molecule has 0 spiro atoms. The molecule has 16 heavy (non-hydrogen) atoms. The van der Waals surface area contributed by atoms with Crippen molar-refractivity contribution in [2.24, 2.45) is 5.92 Å². The van der Waals surface area contributed by atoms with Gasteiger partial charge in [-0.05, 0) is 43.6 Å². The number of ether oxygens (including phenoxy) is 1. The lowest BCUT2D eigenvalue weighted by atomic mass is 10.2. The number of thioether (sulfide) groups is 1. The van der Waals surface area contributed by atoms with Crippen LogP contribution in [0.5, 0.6) is 5.75 Å². The molecule has 2 nitrogen and oxygen atoms in total. The average Bonchev–Trinajstić information content (AvgIpc) is 2.79. The van der Waals surface area contributed by atoms with Crippen LogP contribution < -0.4 is 10.1 Å². The molecule has 1 aliphatic rings. The third-order valence-electron chi connectivity index (χ3n) is 2.76. The first kappa shape index (κ1) is 12.1. The predicted molar refractivity (Wildman–Crippen MR) is 69.7 cm³/mol. The molecule has 1 aliphatic heterocycles. The van der Waals surface area contributed by atoms with Gasteiger partial charge in [0.15, 0.2) is 0 Å². The zero-order valence-electron chi connectivity index (χ0n) is 9.33. The monoisotopic (exact) mass is 257 g/mol. The highest BCUT2D eigenvalue weighted by atomic mass is 35.5. The molecular formula is C12H16ClNOS. The van der Waals surface area contributed by atoms with Crippen molar-refractivity contribution in [3.63, 3.8) is 0 Å². The number of methoxy groups -OCH3 is 1. The number of benzene rings is 1. The number of nitrogens with one attached hydrogen (secondary N) is 1. The molecule has 0 aromatic heterocycles.